The molecule has 2 rings (SSSR count). The third kappa shape index (κ3) is 6.17. The van der Waals surface area contributed by atoms with Gasteiger partial charge in [0.2, 0.25) is 5.91 Å². The van der Waals surface area contributed by atoms with E-state index in [-0.39, 0.29) is 17.7 Å². The van der Waals surface area contributed by atoms with Crippen LogP contribution in [0.25, 0.3) is 0 Å². The van der Waals surface area contributed by atoms with Crippen LogP contribution in [0.1, 0.15) is 64.7 Å². The Morgan fingerprint density at radius 1 is 1.25 bits per heavy atom. The van der Waals surface area contributed by atoms with Gasteiger partial charge in [-0.1, -0.05) is 26.2 Å². The van der Waals surface area contributed by atoms with Gasteiger partial charge in [-0.15, -0.1) is 0 Å². The van der Waals surface area contributed by atoms with Gasteiger partial charge < -0.3 is 9.69 Å². The van der Waals surface area contributed by atoms with E-state index in [0.29, 0.717) is 12.5 Å². The number of hydrazine groups is 1. The Bertz CT molecular complexity index is 396. The Hall–Kier alpha value is -0.940. The first-order valence-corrected chi connectivity index (χ1v) is 9.84. The molecular weight excluding hydrogens is 302 g/mol. The van der Waals surface area contributed by atoms with Crippen molar-refractivity contribution in [3.8, 4) is 0 Å². The molecule has 2 N–H and O–H groups in total. The zero-order valence-electron chi connectivity index (χ0n) is 15.3. The zero-order chi connectivity index (χ0) is 17.4. The monoisotopic (exact) mass is 337 g/mol. The minimum Gasteiger partial charge on any atom is -0.303 e. The molecule has 1 saturated carbocycles. The van der Waals surface area contributed by atoms with Crippen molar-refractivity contribution < 1.29 is 9.59 Å². The molecule has 1 saturated heterocycles. The highest BCUT2D eigenvalue weighted by atomic mass is 16.2. The van der Waals surface area contributed by atoms with E-state index in [1.165, 1.54) is 37.4 Å². The summed E-state index contributed by atoms with van der Waals surface area (Å²) in [5.74, 6) is 6.81. The molecule has 5 heteroatoms. The van der Waals surface area contributed by atoms with Crippen LogP contribution in [0.4, 0.5) is 0 Å². The first-order chi connectivity index (χ1) is 11.6. The van der Waals surface area contributed by atoms with Gasteiger partial charge >= 0.3 is 0 Å². The standard InChI is InChI=1S/C19H35N3O2/c1-16(15-23)13-17-7-5-8-18(14-17)19(24)22(20)12-6-11-21-9-3-2-4-10-21/h15-18H,2-14,20H2,1H3/t16-,17?,18+/m0/s1. The lowest BCUT2D eigenvalue weighted by atomic mass is 9.77. The number of hydrogen-bond acceptors (Lipinski definition) is 4. The molecule has 2 fully saturated rings. The highest BCUT2D eigenvalue weighted by molar-refractivity contribution is 5.78. The lowest BCUT2D eigenvalue weighted by Gasteiger charge is -2.32. The van der Waals surface area contributed by atoms with Crippen LogP contribution in [0.2, 0.25) is 0 Å². The van der Waals surface area contributed by atoms with E-state index in [2.05, 4.69) is 4.90 Å². The van der Waals surface area contributed by atoms with Crippen molar-refractivity contribution in [1.82, 2.24) is 9.91 Å². The van der Waals surface area contributed by atoms with Crippen molar-refractivity contribution in [1.29, 1.82) is 0 Å². The highest BCUT2D eigenvalue weighted by Gasteiger charge is 2.30. The van der Waals surface area contributed by atoms with Crippen molar-refractivity contribution in [2.45, 2.75) is 64.7 Å². The average Bonchev–Trinajstić information content (AvgIpc) is 2.62. The van der Waals surface area contributed by atoms with Crippen LogP contribution in [0, 0.1) is 17.8 Å². The van der Waals surface area contributed by atoms with E-state index in [1.54, 1.807) is 0 Å². The highest BCUT2D eigenvalue weighted by Crippen LogP contribution is 2.33. The Kier molecular flexibility index (Phi) is 8.19. The number of carbonyl (C=O) groups excluding carboxylic acids is 2. The quantitative estimate of drug-likeness (QED) is 0.320. The SMILES string of the molecule is C[C@H](C=O)CC1CCC[C@@H](C(=O)N(N)CCCN2CCCCC2)C1. The van der Waals surface area contributed by atoms with Gasteiger partial charge in [0.15, 0.2) is 0 Å². The average molecular weight is 338 g/mol. The Morgan fingerprint density at radius 2 is 2.00 bits per heavy atom. The fourth-order valence-electron chi connectivity index (χ4n) is 4.30. The summed E-state index contributed by atoms with van der Waals surface area (Å²) in [6, 6.07) is 0. The molecule has 1 unspecified atom stereocenters. The second-order valence-electron chi connectivity index (χ2n) is 7.87. The molecule has 138 valence electrons. The van der Waals surface area contributed by atoms with Gasteiger partial charge in [-0.2, -0.15) is 0 Å². The number of rotatable bonds is 8. The number of carbonyl (C=O) groups is 2. The Labute approximate surface area is 146 Å². The zero-order valence-corrected chi connectivity index (χ0v) is 15.3. The number of aldehydes is 1. The molecule has 1 aliphatic heterocycles. The number of piperidine rings is 1. The van der Waals surface area contributed by atoms with Crippen LogP contribution < -0.4 is 5.84 Å². The van der Waals surface area contributed by atoms with Gasteiger partial charge in [0.1, 0.15) is 6.29 Å². The van der Waals surface area contributed by atoms with Crippen LogP contribution in [0.5, 0.6) is 0 Å². The van der Waals surface area contributed by atoms with Gasteiger partial charge in [-0.3, -0.25) is 9.80 Å². The number of nitrogens with two attached hydrogens (primary N) is 1. The number of nitrogens with zero attached hydrogens (tertiary/aromatic N) is 2. The van der Waals surface area contributed by atoms with Gasteiger partial charge in [0.25, 0.3) is 0 Å². The largest absolute Gasteiger partial charge is 0.303 e. The maximum Gasteiger partial charge on any atom is 0.239 e. The Morgan fingerprint density at radius 3 is 2.71 bits per heavy atom. The molecule has 0 aromatic rings. The first-order valence-electron chi connectivity index (χ1n) is 9.84. The van der Waals surface area contributed by atoms with E-state index in [1.807, 2.05) is 6.92 Å². The third-order valence-electron chi connectivity index (χ3n) is 5.67. The van der Waals surface area contributed by atoms with Gasteiger partial charge in [-0.25, -0.2) is 5.84 Å². The summed E-state index contributed by atoms with van der Waals surface area (Å²) in [4.78, 5) is 25.9. The molecule has 0 bridgehead atoms. The van der Waals surface area contributed by atoms with Crippen LogP contribution in [0.3, 0.4) is 0 Å². The van der Waals surface area contributed by atoms with E-state index in [0.717, 1.165) is 51.4 Å². The fourth-order valence-corrected chi connectivity index (χ4v) is 4.30. The van der Waals surface area contributed by atoms with Crippen LogP contribution in [-0.2, 0) is 9.59 Å². The van der Waals surface area contributed by atoms with Crippen molar-refractivity contribution >= 4 is 12.2 Å². The van der Waals surface area contributed by atoms with Crippen LogP contribution in [0.15, 0.2) is 0 Å². The molecule has 5 nitrogen and oxygen atoms in total. The molecule has 0 radical (unpaired) electrons. The maximum absolute atomic E-state index is 12.6. The Balaban J connectivity index is 1.69. The molecule has 0 aromatic carbocycles. The molecule has 0 spiro atoms. The summed E-state index contributed by atoms with van der Waals surface area (Å²) < 4.78 is 0. The van der Waals surface area contributed by atoms with E-state index in [9.17, 15) is 9.59 Å². The lowest BCUT2D eigenvalue weighted by molar-refractivity contribution is -0.137. The summed E-state index contributed by atoms with van der Waals surface area (Å²) in [6.07, 6.45) is 10.9. The summed E-state index contributed by atoms with van der Waals surface area (Å²) >= 11 is 0. The smallest absolute Gasteiger partial charge is 0.239 e. The van der Waals surface area contributed by atoms with Gasteiger partial charge in [-0.05, 0) is 64.1 Å². The molecule has 3 atom stereocenters. The van der Waals surface area contributed by atoms with Gasteiger partial charge in [0.05, 0.1) is 0 Å². The number of amides is 1. The van der Waals surface area contributed by atoms with E-state index < -0.39 is 0 Å². The molecule has 0 aromatic heterocycles. The molecule has 24 heavy (non-hydrogen) atoms. The van der Waals surface area contributed by atoms with Crippen molar-refractivity contribution in [3.05, 3.63) is 0 Å². The summed E-state index contributed by atoms with van der Waals surface area (Å²) in [5.41, 5.74) is 0. The molecule has 1 aliphatic carbocycles. The third-order valence-corrected chi connectivity index (χ3v) is 5.67. The normalized spacial score (nSPS) is 26.8. The predicted octanol–water partition coefficient (Wildman–Crippen LogP) is 2.60. The molecule has 2 aliphatic rings. The van der Waals surface area contributed by atoms with E-state index >= 15 is 0 Å². The lowest BCUT2D eigenvalue weighted by Crippen LogP contribution is -2.44. The predicted molar refractivity (Wildman–Crippen MR) is 96.1 cm³/mol. The topological polar surface area (TPSA) is 66.6 Å². The van der Waals surface area contributed by atoms with Crippen molar-refractivity contribution in [2.24, 2.45) is 23.6 Å². The summed E-state index contributed by atoms with van der Waals surface area (Å²) in [5, 5.41) is 1.46. The minimum atomic E-state index is 0.0580. The fraction of sp³-hybridized carbons (Fsp3) is 0.895. The number of hydrogen-bond donors (Lipinski definition) is 1. The summed E-state index contributed by atoms with van der Waals surface area (Å²) in [7, 11) is 0. The molecule has 1 amide bonds. The molecular formula is C19H35N3O2. The second kappa shape index (κ2) is 10.1. The van der Waals surface area contributed by atoms with E-state index in [4.69, 9.17) is 5.84 Å². The first kappa shape index (κ1) is 19.4. The van der Waals surface area contributed by atoms with Crippen LogP contribution >= 0.6 is 0 Å². The second-order valence-corrected chi connectivity index (χ2v) is 7.87. The van der Waals surface area contributed by atoms with Crippen molar-refractivity contribution in [3.63, 3.8) is 0 Å². The van der Waals surface area contributed by atoms with Crippen molar-refractivity contribution in [2.75, 3.05) is 26.2 Å². The molecule has 1 heterocycles. The van der Waals surface area contributed by atoms with Crippen LogP contribution in [-0.4, -0.2) is 48.3 Å². The number of likely N-dealkylation sites (tertiary alicyclic amines) is 1. The summed E-state index contributed by atoms with van der Waals surface area (Å²) in [6.45, 7) is 6.05. The maximum atomic E-state index is 12.6. The van der Waals surface area contributed by atoms with Gasteiger partial charge in [0, 0.05) is 18.4 Å². The minimum absolute atomic E-state index is 0.0580.